The highest BCUT2D eigenvalue weighted by molar-refractivity contribution is 5.87. The average Bonchev–Trinajstić information content (AvgIpc) is 2.82. The maximum atomic E-state index is 11.0. The van der Waals surface area contributed by atoms with Gasteiger partial charge in [-0.25, -0.2) is 9.78 Å². The van der Waals surface area contributed by atoms with Crippen molar-refractivity contribution in [1.82, 2.24) is 9.38 Å². The fraction of sp³-hybridized carbons (Fsp3) is 0.429. The molecule has 0 amide bonds. The highest BCUT2D eigenvalue weighted by Crippen LogP contribution is 2.20. The van der Waals surface area contributed by atoms with Crippen molar-refractivity contribution >= 4 is 11.5 Å². The summed E-state index contributed by atoms with van der Waals surface area (Å²) in [6.07, 6.45) is 6.42. The minimum absolute atomic E-state index is 0.290. The molecule has 1 fully saturated rings. The highest BCUT2D eigenvalue weighted by Gasteiger charge is 2.17. The molecule has 0 atom stereocenters. The van der Waals surface area contributed by atoms with Gasteiger partial charge in [0.2, 0.25) is 0 Å². The van der Waals surface area contributed by atoms with E-state index >= 15 is 0 Å². The fourth-order valence-corrected chi connectivity index (χ4v) is 2.53. The van der Waals surface area contributed by atoms with Gasteiger partial charge in [0.05, 0.1) is 17.3 Å². The second kappa shape index (κ2) is 5.01. The number of imidazole rings is 1. The van der Waals surface area contributed by atoms with Crippen LogP contribution in [0, 0.1) is 5.92 Å². The molecule has 100 valence electrons. The zero-order valence-corrected chi connectivity index (χ0v) is 10.6. The van der Waals surface area contributed by atoms with E-state index < -0.39 is 5.97 Å². The van der Waals surface area contributed by atoms with Gasteiger partial charge in [0, 0.05) is 25.8 Å². The second-order valence-corrected chi connectivity index (χ2v) is 4.95. The molecule has 0 spiro atoms. The van der Waals surface area contributed by atoms with Crippen LogP contribution in [0.2, 0.25) is 0 Å². The van der Waals surface area contributed by atoms with Crippen LogP contribution in [0.3, 0.4) is 0 Å². The minimum atomic E-state index is -0.910. The van der Waals surface area contributed by atoms with Gasteiger partial charge in [0.15, 0.2) is 0 Å². The predicted molar refractivity (Wildman–Crippen MR) is 69.4 cm³/mol. The lowest BCUT2D eigenvalue weighted by Crippen LogP contribution is -2.18. The first-order chi connectivity index (χ1) is 9.24. The minimum Gasteiger partial charge on any atom is -0.478 e. The number of pyridine rings is 1. The summed E-state index contributed by atoms with van der Waals surface area (Å²) in [5, 5.41) is 9.04. The molecule has 0 unspecified atom stereocenters. The van der Waals surface area contributed by atoms with Gasteiger partial charge in [-0.15, -0.1) is 0 Å². The number of rotatable bonds is 3. The smallest absolute Gasteiger partial charge is 0.337 e. The van der Waals surface area contributed by atoms with Crippen molar-refractivity contribution in [3.63, 3.8) is 0 Å². The van der Waals surface area contributed by atoms with Gasteiger partial charge in [-0.1, -0.05) is 0 Å². The van der Waals surface area contributed by atoms with Crippen LogP contribution in [0.4, 0.5) is 0 Å². The number of ether oxygens (including phenoxy) is 1. The number of hydrogen-bond donors (Lipinski definition) is 1. The standard InChI is InChI=1S/C14H16N2O3/c17-14(18)11-1-2-12-8-15-13(16(12)9-11)7-10-3-5-19-6-4-10/h1-2,8-10H,3-7H2,(H,17,18). The van der Waals surface area contributed by atoms with Crippen LogP contribution in [0.15, 0.2) is 24.5 Å². The Kier molecular flexibility index (Phi) is 3.21. The van der Waals surface area contributed by atoms with Gasteiger partial charge < -0.3 is 14.2 Å². The van der Waals surface area contributed by atoms with Crippen molar-refractivity contribution in [1.29, 1.82) is 0 Å². The number of nitrogens with zero attached hydrogens (tertiary/aromatic N) is 2. The number of carboxylic acids is 1. The molecule has 3 heterocycles. The van der Waals surface area contributed by atoms with E-state index in [1.807, 2.05) is 4.40 Å². The van der Waals surface area contributed by atoms with E-state index in [1.165, 1.54) is 0 Å². The van der Waals surface area contributed by atoms with Gasteiger partial charge in [0.1, 0.15) is 5.82 Å². The fourth-order valence-electron chi connectivity index (χ4n) is 2.53. The zero-order valence-electron chi connectivity index (χ0n) is 10.6. The predicted octanol–water partition coefficient (Wildman–Crippen LogP) is 2.00. The quantitative estimate of drug-likeness (QED) is 0.916. The van der Waals surface area contributed by atoms with Crippen molar-refractivity contribution in [2.24, 2.45) is 5.92 Å². The Morgan fingerprint density at radius 1 is 1.42 bits per heavy atom. The first-order valence-corrected chi connectivity index (χ1v) is 6.51. The van der Waals surface area contributed by atoms with Crippen LogP contribution < -0.4 is 0 Å². The summed E-state index contributed by atoms with van der Waals surface area (Å²) >= 11 is 0. The number of fused-ring (bicyclic) bond motifs is 1. The molecule has 1 aliphatic rings. The molecule has 1 N–H and O–H groups in total. The average molecular weight is 260 g/mol. The van der Waals surface area contributed by atoms with Crippen LogP contribution in [0.1, 0.15) is 29.0 Å². The summed E-state index contributed by atoms with van der Waals surface area (Å²) in [7, 11) is 0. The van der Waals surface area contributed by atoms with Crippen molar-refractivity contribution in [3.05, 3.63) is 35.9 Å². The third kappa shape index (κ3) is 2.46. The van der Waals surface area contributed by atoms with E-state index in [2.05, 4.69) is 4.98 Å². The van der Waals surface area contributed by atoms with Gasteiger partial charge >= 0.3 is 5.97 Å². The SMILES string of the molecule is O=C(O)c1ccc2cnc(CC3CCOCC3)n2c1. The molecule has 0 radical (unpaired) electrons. The number of carboxylic acid groups (broad SMARTS) is 1. The molecule has 3 rings (SSSR count). The number of hydrogen-bond acceptors (Lipinski definition) is 3. The Hall–Kier alpha value is -1.88. The van der Waals surface area contributed by atoms with Crippen molar-refractivity contribution < 1.29 is 14.6 Å². The topological polar surface area (TPSA) is 63.8 Å². The van der Waals surface area contributed by atoms with Crippen LogP contribution in [-0.4, -0.2) is 33.7 Å². The van der Waals surface area contributed by atoms with Gasteiger partial charge in [-0.3, -0.25) is 0 Å². The normalized spacial score (nSPS) is 16.8. The summed E-state index contributed by atoms with van der Waals surface area (Å²) in [6.45, 7) is 1.63. The molecular formula is C14H16N2O3. The highest BCUT2D eigenvalue weighted by atomic mass is 16.5. The van der Waals surface area contributed by atoms with Crippen LogP contribution in [-0.2, 0) is 11.2 Å². The van der Waals surface area contributed by atoms with Crippen LogP contribution in [0.25, 0.3) is 5.52 Å². The van der Waals surface area contributed by atoms with E-state index in [4.69, 9.17) is 9.84 Å². The van der Waals surface area contributed by atoms with Crippen molar-refractivity contribution in [2.45, 2.75) is 19.3 Å². The summed E-state index contributed by atoms with van der Waals surface area (Å²) in [4.78, 5) is 15.4. The monoisotopic (exact) mass is 260 g/mol. The molecular weight excluding hydrogens is 244 g/mol. The van der Waals surface area contributed by atoms with Crippen molar-refractivity contribution in [2.75, 3.05) is 13.2 Å². The van der Waals surface area contributed by atoms with E-state index in [1.54, 1.807) is 24.5 Å². The second-order valence-electron chi connectivity index (χ2n) is 4.95. The van der Waals surface area contributed by atoms with E-state index in [9.17, 15) is 4.79 Å². The molecule has 0 bridgehead atoms. The van der Waals surface area contributed by atoms with Gasteiger partial charge in [-0.05, 0) is 30.9 Å². The zero-order chi connectivity index (χ0) is 13.2. The molecule has 2 aromatic heterocycles. The number of carbonyl (C=O) groups is 1. The van der Waals surface area contributed by atoms with Crippen LogP contribution in [0.5, 0.6) is 0 Å². The number of aromatic carboxylic acids is 1. The van der Waals surface area contributed by atoms with E-state index in [-0.39, 0.29) is 0 Å². The Bertz CT molecular complexity index is 600. The molecule has 5 heteroatoms. The van der Waals surface area contributed by atoms with Crippen LogP contribution >= 0.6 is 0 Å². The molecule has 1 aliphatic heterocycles. The molecule has 0 saturated carbocycles. The summed E-state index contributed by atoms with van der Waals surface area (Å²) in [5.41, 5.74) is 1.23. The first-order valence-electron chi connectivity index (χ1n) is 6.51. The molecule has 0 aromatic carbocycles. The maximum absolute atomic E-state index is 11.0. The Labute approximate surface area is 110 Å². The Morgan fingerprint density at radius 3 is 2.95 bits per heavy atom. The lowest BCUT2D eigenvalue weighted by atomic mass is 9.96. The summed E-state index contributed by atoms with van der Waals surface area (Å²) < 4.78 is 7.24. The third-order valence-electron chi connectivity index (χ3n) is 3.66. The Balaban J connectivity index is 1.89. The van der Waals surface area contributed by atoms with Gasteiger partial charge in [-0.2, -0.15) is 0 Å². The van der Waals surface area contributed by atoms with Crippen molar-refractivity contribution in [3.8, 4) is 0 Å². The third-order valence-corrected chi connectivity index (χ3v) is 3.66. The molecule has 1 saturated heterocycles. The maximum Gasteiger partial charge on any atom is 0.337 e. The summed E-state index contributed by atoms with van der Waals surface area (Å²) in [5.74, 6) is 0.602. The van der Waals surface area contributed by atoms with E-state index in [0.717, 1.165) is 43.8 Å². The van der Waals surface area contributed by atoms with E-state index in [0.29, 0.717) is 11.5 Å². The largest absolute Gasteiger partial charge is 0.478 e. The molecule has 19 heavy (non-hydrogen) atoms. The molecule has 0 aliphatic carbocycles. The summed E-state index contributed by atoms with van der Waals surface area (Å²) in [6, 6.07) is 3.40. The molecule has 2 aromatic rings. The molecule has 5 nitrogen and oxygen atoms in total. The lowest BCUT2D eigenvalue weighted by Gasteiger charge is -2.21. The number of aromatic nitrogens is 2. The lowest BCUT2D eigenvalue weighted by molar-refractivity contribution is 0.0659. The first kappa shape index (κ1) is 12.2. The Morgan fingerprint density at radius 2 is 2.21 bits per heavy atom. The van der Waals surface area contributed by atoms with Gasteiger partial charge in [0.25, 0.3) is 0 Å².